The summed E-state index contributed by atoms with van der Waals surface area (Å²) in [6.07, 6.45) is 2.06. The smallest absolute Gasteiger partial charge is 0.230 e. The molecule has 0 aliphatic rings. The SMILES string of the molecule is CCCC(C)NC(=O)CSc1nnc(CN)n1C. The molecule has 0 radical (unpaired) electrons. The van der Waals surface area contributed by atoms with Crippen LogP contribution in [0.3, 0.4) is 0 Å². The molecule has 0 aromatic carbocycles. The van der Waals surface area contributed by atoms with E-state index >= 15 is 0 Å². The van der Waals surface area contributed by atoms with Crippen LogP contribution in [0.25, 0.3) is 0 Å². The second-order valence-electron chi connectivity index (χ2n) is 4.21. The van der Waals surface area contributed by atoms with Crippen LogP contribution in [0, 0.1) is 0 Å². The summed E-state index contributed by atoms with van der Waals surface area (Å²) in [6.45, 7) is 4.47. The Labute approximate surface area is 112 Å². The third kappa shape index (κ3) is 4.30. The molecular formula is C11H21N5OS. The fraction of sp³-hybridized carbons (Fsp3) is 0.727. The summed E-state index contributed by atoms with van der Waals surface area (Å²) in [6, 6.07) is 0.224. The van der Waals surface area contributed by atoms with Crippen molar-refractivity contribution in [3.05, 3.63) is 5.82 Å². The first-order valence-corrected chi connectivity index (χ1v) is 7.07. The number of rotatable bonds is 7. The Hall–Kier alpha value is -1.08. The first kappa shape index (κ1) is 15.0. The Kier molecular flexibility index (Phi) is 6.14. The fourth-order valence-corrected chi connectivity index (χ4v) is 2.34. The van der Waals surface area contributed by atoms with Crippen molar-refractivity contribution in [1.29, 1.82) is 0 Å². The normalized spacial score (nSPS) is 12.4. The number of hydrogen-bond donors (Lipinski definition) is 2. The lowest BCUT2D eigenvalue weighted by Crippen LogP contribution is -2.33. The number of amides is 1. The van der Waals surface area contributed by atoms with Crippen molar-refractivity contribution < 1.29 is 4.79 Å². The summed E-state index contributed by atoms with van der Waals surface area (Å²) in [7, 11) is 1.85. The van der Waals surface area contributed by atoms with Crippen molar-refractivity contribution in [2.45, 2.75) is 44.4 Å². The number of aromatic nitrogens is 3. The lowest BCUT2D eigenvalue weighted by atomic mass is 10.2. The molecule has 1 atom stereocenters. The van der Waals surface area contributed by atoms with Crippen LogP contribution >= 0.6 is 11.8 Å². The first-order chi connectivity index (χ1) is 8.58. The molecule has 0 fully saturated rings. The van der Waals surface area contributed by atoms with Crippen LogP contribution in [0.4, 0.5) is 0 Å². The molecular weight excluding hydrogens is 250 g/mol. The Morgan fingerprint density at radius 2 is 2.28 bits per heavy atom. The number of hydrogen-bond acceptors (Lipinski definition) is 5. The summed E-state index contributed by atoms with van der Waals surface area (Å²) < 4.78 is 1.81. The second-order valence-corrected chi connectivity index (χ2v) is 5.15. The van der Waals surface area contributed by atoms with E-state index in [0.29, 0.717) is 17.5 Å². The number of nitrogens with two attached hydrogens (primary N) is 1. The van der Waals surface area contributed by atoms with Crippen molar-refractivity contribution >= 4 is 17.7 Å². The van der Waals surface area contributed by atoms with Crippen LogP contribution in [-0.4, -0.2) is 32.5 Å². The minimum Gasteiger partial charge on any atom is -0.353 e. The van der Waals surface area contributed by atoms with Gasteiger partial charge in [-0.25, -0.2) is 0 Å². The van der Waals surface area contributed by atoms with E-state index in [4.69, 9.17) is 5.73 Å². The highest BCUT2D eigenvalue weighted by Gasteiger charge is 2.11. The zero-order valence-corrected chi connectivity index (χ0v) is 12.0. The van der Waals surface area contributed by atoms with Crippen molar-refractivity contribution in [3.63, 3.8) is 0 Å². The number of carbonyl (C=O) groups excluding carboxylic acids is 1. The minimum absolute atomic E-state index is 0.0262. The van der Waals surface area contributed by atoms with Gasteiger partial charge in [0.1, 0.15) is 5.82 Å². The summed E-state index contributed by atoms with van der Waals surface area (Å²) in [5, 5.41) is 11.6. The number of thioether (sulfide) groups is 1. The molecule has 0 aliphatic carbocycles. The lowest BCUT2D eigenvalue weighted by molar-refractivity contribution is -0.119. The van der Waals surface area contributed by atoms with E-state index in [9.17, 15) is 4.79 Å². The fourth-order valence-electron chi connectivity index (χ4n) is 1.60. The van der Waals surface area contributed by atoms with Gasteiger partial charge in [0.15, 0.2) is 5.16 Å². The maximum absolute atomic E-state index is 11.7. The van der Waals surface area contributed by atoms with Gasteiger partial charge in [0.2, 0.25) is 5.91 Å². The third-order valence-corrected chi connectivity index (χ3v) is 3.59. The third-order valence-electron chi connectivity index (χ3n) is 2.57. The maximum Gasteiger partial charge on any atom is 0.230 e. The number of carbonyl (C=O) groups is 1. The van der Waals surface area contributed by atoms with E-state index in [2.05, 4.69) is 22.4 Å². The van der Waals surface area contributed by atoms with E-state index in [-0.39, 0.29) is 11.9 Å². The molecule has 0 aliphatic heterocycles. The van der Waals surface area contributed by atoms with Gasteiger partial charge in [0.25, 0.3) is 0 Å². The quantitative estimate of drug-likeness (QED) is 0.712. The predicted molar refractivity (Wildman–Crippen MR) is 72.1 cm³/mol. The number of nitrogens with one attached hydrogen (secondary N) is 1. The molecule has 6 nitrogen and oxygen atoms in total. The van der Waals surface area contributed by atoms with Gasteiger partial charge in [-0.05, 0) is 13.3 Å². The molecule has 0 bridgehead atoms. The molecule has 7 heteroatoms. The molecule has 1 aromatic rings. The van der Waals surface area contributed by atoms with E-state index in [1.807, 2.05) is 18.5 Å². The van der Waals surface area contributed by atoms with Gasteiger partial charge in [-0.3, -0.25) is 4.79 Å². The van der Waals surface area contributed by atoms with Gasteiger partial charge in [-0.15, -0.1) is 10.2 Å². The highest BCUT2D eigenvalue weighted by atomic mass is 32.2. The molecule has 1 heterocycles. The van der Waals surface area contributed by atoms with Crippen LogP contribution in [0.15, 0.2) is 5.16 Å². The second kappa shape index (κ2) is 7.38. The molecule has 1 rings (SSSR count). The van der Waals surface area contributed by atoms with Crippen LogP contribution < -0.4 is 11.1 Å². The molecule has 3 N–H and O–H groups in total. The standard InChI is InChI=1S/C11H21N5OS/c1-4-5-8(2)13-10(17)7-18-11-15-14-9(6-12)16(11)3/h8H,4-7,12H2,1-3H3,(H,13,17). The molecule has 18 heavy (non-hydrogen) atoms. The predicted octanol–water partition coefficient (Wildman–Crippen LogP) is 0.671. The summed E-state index contributed by atoms with van der Waals surface area (Å²) in [4.78, 5) is 11.7. The Bertz CT molecular complexity index is 393. The first-order valence-electron chi connectivity index (χ1n) is 6.09. The van der Waals surface area contributed by atoms with Crippen molar-refractivity contribution in [3.8, 4) is 0 Å². The molecule has 0 saturated heterocycles. The summed E-state index contributed by atoms with van der Waals surface area (Å²) >= 11 is 1.37. The molecule has 1 amide bonds. The van der Waals surface area contributed by atoms with Gasteiger partial charge in [0.05, 0.1) is 12.3 Å². The van der Waals surface area contributed by atoms with Gasteiger partial charge in [-0.2, -0.15) is 0 Å². The highest BCUT2D eigenvalue weighted by Crippen LogP contribution is 2.14. The van der Waals surface area contributed by atoms with Crippen molar-refractivity contribution in [1.82, 2.24) is 20.1 Å². The largest absolute Gasteiger partial charge is 0.353 e. The zero-order valence-electron chi connectivity index (χ0n) is 11.1. The molecule has 1 unspecified atom stereocenters. The average molecular weight is 271 g/mol. The zero-order chi connectivity index (χ0) is 13.5. The maximum atomic E-state index is 11.7. The molecule has 0 saturated carbocycles. The van der Waals surface area contributed by atoms with Crippen molar-refractivity contribution in [2.75, 3.05) is 5.75 Å². The molecule has 1 aromatic heterocycles. The van der Waals surface area contributed by atoms with Crippen LogP contribution in [-0.2, 0) is 18.4 Å². The Morgan fingerprint density at radius 3 is 2.83 bits per heavy atom. The van der Waals surface area contributed by atoms with Gasteiger partial charge >= 0.3 is 0 Å². The van der Waals surface area contributed by atoms with Crippen molar-refractivity contribution in [2.24, 2.45) is 12.8 Å². The summed E-state index contributed by atoms with van der Waals surface area (Å²) in [5.74, 6) is 1.10. The van der Waals surface area contributed by atoms with Crippen LogP contribution in [0.5, 0.6) is 0 Å². The van der Waals surface area contributed by atoms with E-state index in [1.54, 1.807) is 0 Å². The van der Waals surface area contributed by atoms with Gasteiger partial charge < -0.3 is 15.6 Å². The minimum atomic E-state index is 0.0262. The number of nitrogens with zero attached hydrogens (tertiary/aromatic N) is 3. The van der Waals surface area contributed by atoms with Gasteiger partial charge in [0, 0.05) is 13.1 Å². The topological polar surface area (TPSA) is 85.8 Å². The van der Waals surface area contributed by atoms with E-state index < -0.39 is 0 Å². The van der Waals surface area contributed by atoms with E-state index in [1.165, 1.54) is 11.8 Å². The average Bonchev–Trinajstić information content (AvgIpc) is 2.67. The lowest BCUT2D eigenvalue weighted by Gasteiger charge is -2.12. The summed E-state index contributed by atoms with van der Waals surface area (Å²) in [5.41, 5.74) is 5.51. The Balaban J connectivity index is 2.40. The Morgan fingerprint density at radius 1 is 1.56 bits per heavy atom. The van der Waals surface area contributed by atoms with Gasteiger partial charge in [-0.1, -0.05) is 25.1 Å². The van der Waals surface area contributed by atoms with Crippen LogP contribution in [0.2, 0.25) is 0 Å². The van der Waals surface area contributed by atoms with Crippen LogP contribution in [0.1, 0.15) is 32.5 Å². The monoisotopic (exact) mass is 271 g/mol. The van der Waals surface area contributed by atoms with E-state index in [0.717, 1.165) is 18.7 Å². The highest BCUT2D eigenvalue weighted by molar-refractivity contribution is 7.99. The molecule has 102 valence electrons. The molecule has 0 spiro atoms.